The van der Waals surface area contributed by atoms with E-state index in [1.54, 1.807) is 4.90 Å². The zero-order valence-corrected chi connectivity index (χ0v) is 13.9. The van der Waals surface area contributed by atoms with Gasteiger partial charge >= 0.3 is 6.09 Å². The Labute approximate surface area is 123 Å². The SMILES string of the molecule is C=CC[C@]1(NC(C)(C)C)CCN(C(=O)OC(C)(C)C)C1. The van der Waals surface area contributed by atoms with Crippen LogP contribution in [-0.2, 0) is 4.74 Å². The Morgan fingerprint density at radius 3 is 2.40 bits per heavy atom. The molecule has 0 aromatic carbocycles. The number of carbonyl (C=O) groups excluding carboxylic acids is 1. The van der Waals surface area contributed by atoms with Crippen molar-refractivity contribution in [3.63, 3.8) is 0 Å². The number of ether oxygens (including phenoxy) is 1. The van der Waals surface area contributed by atoms with E-state index in [9.17, 15) is 4.79 Å². The number of nitrogens with one attached hydrogen (secondary N) is 1. The number of likely N-dealkylation sites (tertiary alicyclic amines) is 1. The van der Waals surface area contributed by atoms with E-state index in [2.05, 4.69) is 32.7 Å². The molecule has 1 amide bonds. The molecule has 1 N–H and O–H groups in total. The first-order chi connectivity index (χ1) is 8.96. The summed E-state index contributed by atoms with van der Waals surface area (Å²) in [7, 11) is 0. The molecule has 1 atom stereocenters. The molecule has 1 rings (SSSR count). The van der Waals surface area contributed by atoms with Crippen LogP contribution in [0.2, 0.25) is 0 Å². The van der Waals surface area contributed by atoms with Crippen LogP contribution in [0.1, 0.15) is 54.4 Å². The molecule has 116 valence electrons. The summed E-state index contributed by atoms with van der Waals surface area (Å²) in [5.74, 6) is 0. The molecular weight excluding hydrogens is 252 g/mol. The maximum absolute atomic E-state index is 12.2. The summed E-state index contributed by atoms with van der Waals surface area (Å²) >= 11 is 0. The summed E-state index contributed by atoms with van der Waals surface area (Å²) in [6.45, 7) is 17.4. The number of carbonyl (C=O) groups is 1. The van der Waals surface area contributed by atoms with E-state index in [1.165, 1.54) is 0 Å². The van der Waals surface area contributed by atoms with Crippen molar-refractivity contribution < 1.29 is 9.53 Å². The molecule has 20 heavy (non-hydrogen) atoms. The van der Waals surface area contributed by atoms with Gasteiger partial charge in [0.25, 0.3) is 0 Å². The van der Waals surface area contributed by atoms with Crippen molar-refractivity contribution in [3.05, 3.63) is 12.7 Å². The van der Waals surface area contributed by atoms with Crippen LogP contribution in [0.4, 0.5) is 4.79 Å². The van der Waals surface area contributed by atoms with Crippen LogP contribution in [0.5, 0.6) is 0 Å². The minimum Gasteiger partial charge on any atom is -0.444 e. The molecule has 1 fully saturated rings. The van der Waals surface area contributed by atoms with Crippen molar-refractivity contribution in [1.82, 2.24) is 10.2 Å². The van der Waals surface area contributed by atoms with E-state index in [-0.39, 0.29) is 17.2 Å². The zero-order chi connectivity index (χ0) is 15.6. The van der Waals surface area contributed by atoms with Gasteiger partial charge in [-0.15, -0.1) is 6.58 Å². The quantitative estimate of drug-likeness (QED) is 0.807. The van der Waals surface area contributed by atoms with Crippen LogP contribution in [0.3, 0.4) is 0 Å². The van der Waals surface area contributed by atoms with Gasteiger partial charge in [0, 0.05) is 24.2 Å². The minimum absolute atomic E-state index is 0.00690. The van der Waals surface area contributed by atoms with Crippen LogP contribution in [0.25, 0.3) is 0 Å². The monoisotopic (exact) mass is 282 g/mol. The first-order valence-electron chi connectivity index (χ1n) is 7.35. The highest BCUT2D eigenvalue weighted by Crippen LogP contribution is 2.29. The Hall–Kier alpha value is -1.03. The largest absolute Gasteiger partial charge is 0.444 e. The predicted octanol–water partition coefficient (Wildman–Crippen LogP) is 3.33. The molecular formula is C16H30N2O2. The smallest absolute Gasteiger partial charge is 0.410 e. The van der Waals surface area contributed by atoms with Gasteiger partial charge in [-0.2, -0.15) is 0 Å². The van der Waals surface area contributed by atoms with E-state index >= 15 is 0 Å². The van der Waals surface area contributed by atoms with Gasteiger partial charge in [0.05, 0.1) is 0 Å². The summed E-state index contributed by atoms with van der Waals surface area (Å²) in [5, 5.41) is 3.66. The Balaban J connectivity index is 2.74. The topological polar surface area (TPSA) is 41.6 Å². The second kappa shape index (κ2) is 5.76. The molecule has 0 spiro atoms. The number of nitrogens with zero attached hydrogens (tertiary/aromatic N) is 1. The molecule has 0 aromatic rings. The molecule has 1 saturated heterocycles. The third-order valence-corrected chi connectivity index (χ3v) is 3.18. The molecule has 1 aliphatic rings. The lowest BCUT2D eigenvalue weighted by atomic mass is 9.90. The first-order valence-corrected chi connectivity index (χ1v) is 7.35. The lowest BCUT2D eigenvalue weighted by molar-refractivity contribution is 0.0276. The molecule has 0 aromatic heterocycles. The fourth-order valence-electron chi connectivity index (χ4n) is 2.75. The van der Waals surface area contributed by atoms with Gasteiger partial charge < -0.3 is 15.0 Å². The summed E-state index contributed by atoms with van der Waals surface area (Å²) in [6, 6.07) is 0. The highest BCUT2D eigenvalue weighted by Gasteiger charge is 2.42. The summed E-state index contributed by atoms with van der Waals surface area (Å²) in [4.78, 5) is 14.0. The van der Waals surface area contributed by atoms with Gasteiger partial charge in [-0.3, -0.25) is 0 Å². The molecule has 0 bridgehead atoms. The standard InChI is InChI=1S/C16H30N2O2/c1-8-9-16(17-14(2,3)4)10-11-18(12-16)13(19)20-15(5,6)7/h8,17H,1,9-12H2,2-7H3/t16-/m0/s1. The normalized spacial score (nSPS) is 23.8. The predicted molar refractivity (Wildman–Crippen MR) is 82.9 cm³/mol. The van der Waals surface area contributed by atoms with E-state index < -0.39 is 5.60 Å². The Kier molecular flexibility index (Phi) is 4.90. The summed E-state index contributed by atoms with van der Waals surface area (Å²) in [5.41, 5.74) is -0.526. The van der Waals surface area contributed by atoms with Crippen LogP contribution in [0.15, 0.2) is 12.7 Å². The van der Waals surface area contributed by atoms with E-state index in [4.69, 9.17) is 4.74 Å². The number of hydrogen-bond acceptors (Lipinski definition) is 3. The second-order valence-corrected chi connectivity index (χ2v) is 7.80. The minimum atomic E-state index is -0.446. The molecule has 0 radical (unpaired) electrons. The van der Waals surface area contributed by atoms with Gasteiger partial charge in [-0.05, 0) is 54.4 Å². The van der Waals surface area contributed by atoms with Gasteiger partial charge in [0.2, 0.25) is 0 Å². The van der Waals surface area contributed by atoms with Crippen LogP contribution < -0.4 is 5.32 Å². The number of amides is 1. The Bertz CT molecular complexity index is 366. The molecule has 0 unspecified atom stereocenters. The number of hydrogen-bond donors (Lipinski definition) is 1. The maximum Gasteiger partial charge on any atom is 0.410 e. The Morgan fingerprint density at radius 2 is 1.95 bits per heavy atom. The van der Waals surface area contributed by atoms with Gasteiger partial charge in [0.15, 0.2) is 0 Å². The Morgan fingerprint density at radius 1 is 1.35 bits per heavy atom. The van der Waals surface area contributed by atoms with E-state index in [1.807, 2.05) is 26.8 Å². The summed E-state index contributed by atoms with van der Waals surface area (Å²) in [6.07, 6.45) is 3.48. The van der Waals surface area contributed by atoms with Crippen LogP contribution >= 0.6 is 0 Å². The highest BCUT2D eigenvalue weighted by atomic mass is 16.6. The lowest BCUT2D eigenvalue weighted by Crippen LogP contribution is -2.55. The van der Waals surface area contributed by atoms with Crippen molar-refractivity contribution in [3.8, 4) is 0 Å². The van der Waals surface area contributed by atoms with Crippen LogP contribution in [0, 0.1) is 0 Å². The van der Waals surface area contributed by atoms with Crippen molar-refractivity contribution >= 4 is 6.09 Å². The molecule has 1 heterocycles. The molecule has 0 saturated carbocycles. The molecule has 0 aliphatic carbocycles. The van der Waals surface area contributed by atoms with Crippen molar-refractivity contribution in [1.29, 1.82) is 0 Å². The van der Waals surface area contributed by atoms with E-state index in [0.717, 1.165) is 19.4 Å². The van der Waals surface area contributed by atoms with Crippen molar-refractivity contribution in [2.75, 3.05) is 13.1 Å². The van der Waals surface area contributed by atoms with Gasteiger partial charge in [-0.1, -0.05) is 6.08 Å². The highest BCUT2D eigenvalue weighted by molar-refractivity contribution is 5.68. The molecule has 1 aliphatic heterocycles. The van der Waals surface area contributed by atoms with Gasteiger partial charge in [0.1, 0.15) is 5.60 Å². The van der Waals surface area contributed by atoms with E-state index in [0.29, 0.717) is 6.54 Å². The van der Waals surface area contributed by atoms with Crippen molar-refractivity contribution in [2.45, 2.75) is 71.1 Å². The molecule has 4 heteroatoms. The van der Waals surface area contributed by atoms with Crippen LogP contribution in [-0.4, -0.2) is 40.8 Å². The fraction of sp³-hybridized carbons (Fsp3) is 0.812. The average molecular weight is 282 g/mol. The second-order valence-electron chi connectivity index (χ2n) is 7.80. The third kappa shape index (κ3) is 5.16. The lowest BCUT2D eigenvalue weighted by Gasteiger charge is -2.37. The molecule has 4 nitrogen and oxygen atoms in total. The van der Waals surface area contributed by atoms with Gasteiger partial charge in [-0.25, -0.2) is 4.79 Å². The first kappa shape index (κ1) is 17.0. The van der Waals surface area contributed by atoms with Crippen molar-refractivity contribution in [2.24, 2.45) is 0 Å². The third-order valence-electron chi connectivity index (χ3n) is 3.18. The maximum atomic E-state index is 12.2. The average Bonchev–Trinajstić information content (AvgIpc) is 2.57. The zero-order valence-electron chi connectivity index (χ0n) is 13.9. The fourth-order valence-corrected chi connectivity index (χ4v) is 2.75. The summed E-state index contributed by atoms with van der Waals surface area (Å²) < 4.78 is 5.46. The number of rotatable bonds is 3.